The second-order valence-corrected chi connectivity index (χ2v) is 7.66. The molecule has 6 nitrogen and oxygen atoms in total. The molecule has 1 aliphatic rings. The van der Waals surface area contributed by atoms with Crippen molar-refractivity contribution in [3.8, 4) is 0 Å². The van der Waals surface area contributed by atoms with Crippen LogP contribution in [0.4, 0.5) is 10.1 Å². The normalized spacial score (nSPS) is 14.3. The van der Waals surface area contributed by atoms with E-state index in [2.05, 4.69) is 10.6 Å². The maximum Gasteiger partial charge on any atom is 0.253 e. The predicted octanol–water partition coefficient (Wildman–Crippen LogP) is 3.39. The molecule has 3 rings (SSSR count). The zero-order valence-corrected chi connectivity index (χ0v) is 17.3. The number of carbonyl (C=O) groups is 3. The van der Waals surface area contributed by atoms with Crippen molar-refractivity contribution in [1.82, 2.24) is 10.2 Å². The maximum atomic E-state index is 13.0. The lowest BCUT2D eigenvalue weighted by molar-refractivity contribution is -0.128. The summed E-state index contributed by atoms with van der Waals surface area (Å²) in [5, 5.41) is 5.95. The Bertz CT molecular complexity index is 941. The van der Waals surface area contributed by atoms with Crippen LogP contribution in [0.5, 0.6) is 0 Å². The van der Waals surface area contributed by atoms with E-state index in [0.717, 1.165) is 5.56 Å². The summed E-state index contributed by atoms with van der Waals surface area (Å²) in [6.07, 6.45) is 1.02. The summed E-state index contributed by atoms with van der Waals surface area (Å²) in [7, 11) is 0. The number of carbonyl (C=O) groups excluding carboxylic acids is 3. The number of likely N-dealkylation sites (tertiary alicyclic amines) is 1. The Morgan fingerprint density at radius 1 is 1.10 bits per heavy atom. The van der Waals surface area contributed by atoms with Crippen LogP contribution < -0.4 is 10.6 Å². The van der Waals surface area contributed by atoms with Crippen LogP contribution >= 0.6 is 11.6 Å². The van der Waals surface area contributed by atoms with Gasteiger partial charge in [-0.05, 0) is 61.7 Å². The molecule has 0 atom stereocenters. The van der Waals surface area contributed by atoms with E-state index >= 15 is 0 Å². The van der Waals surface area contributed by atoms with Crippen LogP contribution in [0.25, 0.3) is 0 Å². The molecule has 1 heterocycles. The van der Waals surface area contributed by atoms with Gasteiger partial charge < -0.3 is 15.5 Å². The quantitative estimate of drug-likeness (QED) is 0.761. The van der Waals surface area contributed by atoms with Crippen molar-refractivity contribution in [3.05, 3.63) is 64.4 Å². The molecule has 3 amide bonds. The van der Waals surface area contributed by atoms with E-state index in [-0.39, 0.29) is 30.2 Å². The van der Waals surface area contributed by atoms with Crippen LogP contribution in [0.2, 0.25) is 5.02 Å². The molecule has 2 N–H and O–H groups in total. The Morgan fingerprint density at radius 2 is 1.77 bits per heavy atom. The van der Waals surface area contributed by atoms with Gasteiger partial charge in [-0.1, -0.05) is 17.7 Å². The van der Waals surface area contributed by atoms with E-state index in [0.29, 0.717) is 42.2 Å². The van der Waals surface area contributed by atoms with Crippen molar-refractivity contribution >= 4 is 35.0 Å². The molecule has 0 aliphatic carbocycles. The van der Waals surface area contributed by atoms with E-state index < -0.39 is 5.82 Å². The van der Waals surface area contributed by atoms with Gasteiger partial charge in [0.15, 0.2) is 0 Å². The van der Waals surface area contributed by atoms with Crippen molar-refractivity contribution < 1.29 is 18.8 Å². The Morgan fingerprint density at radius 3 is 2.43 bits per heavy atom. The van der Waals surface area contributed by atoms with Crippen LogP contribution in [0, 0.1) is 18.7 Å². The van der Waals surface area contributed by atoms with Crippen molar-refractivity contribution in [3.63, 3.8) is 0 Å². The van der Waals surface area contributed by atoms with Gasteiger partial charge in [-0.25, -0.2) is 4.39 Å². The SMILES string of the molecule is Cc1c(Cl)cccc1NC(=O)CNC(=O)C1CCN(C(=O)c2ccc(F)cc2)CC1. The highest BCUT2D eigenvalue weighted by Gasteiger charge is 2.28. The first kappa shape index (κ1) is 21.8. The zero-order valence-electron chi connectivity index (χ0n) is 16.6. The summed E-state index contributed by atoms with van der Waals surface area (Å²) in [6, 6.07) is 10.6. The molecule has 1 aliphatic heterocycles. The van der Waals surface area contributed by atoms with Gasteiger partial charge in [0.05, 0.1) is 6.54 Å². The number of hydrogen-bond acceptors (Lipinski definition) is 3. The molecular weight excluding hydrogens is 409 g/mol. The minimum atomic E-state index is -0.392. The second-order valence-electron chi connectivity index (χ2n) is 7.25. The molecule has 158 valence electrons. The molecule has 0 bridgehead atoms. The third-order valence-electron chi connectivity index (χ3n) is 5.21. The standard InChI is InChI=1S/C22H23ClFN3O3/c1-14-18(23)3-2-4-19(14)26-20(28)13-25-21(29)15-9-11-27(12-10-15)22(30)16-5-7-17(24)8-6-16/h2-8,15H,9-13H2,1H3,(H,25,29)(H,26,28). The molecule has 0 radical (unpaired) electrons. The van der Waals surface area contributed by atoms with Gasteiger partial charge in [0.1, 0.15) is 5.82 Å². The highest BCUT2D eigenvalue weighted by atomic mass is 35.5. The van der Waals surface area contributed by atoms with Gasteiger partial charge >= 0.3 is 0 Å². The Labute approximate surface area is 179 Å². The van der Waals surface area contributed by atoms with E-state index in [4.69, 9.17) is 11.6 Å². The van der Waals surface area contributed by atoms with Gasteiger partial charge in [0, 0.05) is 35.3 Å². The summed E-state index contributed by atoms with van der Waals surface area (Å²) < 4.78 is 13.0. The minimum absolute atomic E-state index is 0.139. The average Bonchev–Trinajstić information content (AvgIpc) is 2.75. The van der Waals surface area contributed by atoms with E-state index in [1.807, 2.05) is 0 Å². The molecule has 2 aromatic carbocycles. The summed E-state index contributed by atoms with van der Waals surface area (Å²) in [5.41, 5.74) is 1.79. The van der Waals surface area contributed by atoms with Crippen LogP contribution in [0.1, 0.15) is 28.8 Å². The van der Waals surface area contributed by atoms with Crippen LogP contribution in [-0.4, -0.2) is 42.3 Å². The number of nitrogens with zero attached hydrogens (tertiary/aromatic N) is 1. The average molecular weight is 432 g/mol. The fourth-order valence-electron chi connectivity index (χ4n) is 3.37. The molecule has 30 heavy (non-hydrogen) atoms. The molecule has 0 unspecified atom stereocenters. The number of rotatable bonds is 5. The largest absolute Gasteiger partial charge is 0.347 e. The fraction of sp³-hybridized carbons (Fsp3) is 0.318. The zero-order chi connectivity index (χ0) is 21.7. The van der Waals surface area contributed by atoms with Gasteiger partial charge in [0.25, 0.3) is 5.91 Å². The minimum Gasteiger partial charge on any atom is -0.347 e. The maximum absolute atomic E-state index is 13.0. The lowest BCUT2D eigenvalue weighted by Crippen LogP contribution is -2.44. The summed E-state index contributed by atoms with van der Waals surface area (Å²) in [6.45, 7) is 2.53. The smallest absolute Gasteiger partial charge is 0.253 e. The lowest BCUT2D eigenvalue weighted by Gasteiger charge is -2.31. The molecule has 8 heteroatoms. The number of amides is 3. The molecule has 0 spiro atoms. The topological polar surface area (TPSA) is 78.5 Å². The Hall–Kier alpha value is -2.93. The third kappa shape index (κ3) is 5.36. The lowest BCUT2D eigenvalue weighted by atomic mass is 9.95. The number of anilines is 1. The Kier molecular flexibility index (Phi) is 7.05. The van der Waals surface area contributed by atoms with Crippen molar-refractivity contribution in [2.75, 3.05) is 25.0 Å². The van der Waals surface area contributed by atoms with E-state index in [9.17, 15) is 18.8 Å². The highest BCUT2D eigenvalue weighted by molar-refractivity contribution is 6.31. The summed E-state index contributed by atoms with van der Waals surface area (Å²) in [5.74, 6) is -1.37. The van der Waals surface area contributed by atoms with E-state index in [1.54, 1.807) is 30.0 Å². The number of nitrogens with one attached hydrogen (secondary N) is 2. The molecule has 0 saturated carbocycles. The molecule has 0 aromatic heterocycles. The van der Waals surface area contributed by atoms with Crippen LogP contribution in [0.3, 0.4) is 0 Å². The van der Waals surface area contributed by atoms with E-state index in [1.165, 1.54) is 24.3 Å². The first-order valence-electron chi connectivity index (χ1n) is 9.72. The second kappa shape index (κ2) is 9.71. The Balaban J connectivity index is 1.45. The molecular formula is C22H23ClFN3O3. The summed E-state index contributed by atoms with van der Waals surface area (Å²) >= 11 is 6.04. The first-order valence-corrected chi connectivity index (χ1v) is 10.1. The van der Waals surface area contributed by atoms with Gasteiger partial charge in [-0.3, -0.25) is 14.4 Å². The fourth-order valence-corrected chi connectivity index (χ4v) is 3.54. The molecule has 2 aromatic rings. The number of halogens is 2. The van der Waals surface area contributed by atoms with Gasteiger partial charge in [-0.2, -0.15) is 0 Å². The number of benzene rings is 2. The summed E-state index contributed by atoms with van der Waals surface area (Å²) in [4.78, 5) is 38.7. The third-order valence-corrected chi connectivity index (χ3v) is 5.62. The highest BCUT2D eigenvalue weighted by Crippen LogP contribution is 2.23. The van der Waals surface area contributed by atoms with Crippen molar-refractivity contribution in [2.45, 2.75) is 19.8 Å². The predicted molar refractivity (Wildman–Crippen MR) is 113 cm³/mol. The van der Waals surface area contributed by atoms with Gasteiger partial charge in [-0.15, -0.1) is 0 Å². The van der Waals surface area contributed by atoms with Crippen LogP contribution in [-0.2, 0) is 9.59 Å². The van der Waals surface area contributed by atoms with Crippen LogP contribution in [0.15, 0.2) is 42.5 Å². The van der Waals surface area contributed by atoms with Crippen molar-refractivity contribution in [1.29, 1.82) is 0 Å². The van der Waals surface area contributed by atoms with Gasteiger partial charge in [0.2, 0.25) is 11.8 Å². The molecule has 1 saturated heterocycles. The number of piperidine rings is 1. The monoisotopic (exact) mass is 431 g/mol. The van der Waals surface area contributed by atoms with Crippen molar-refractivity contribution in [2.24, 2.45) is 5.92 Å². The first-order chi connectivity index (χ1) is 14.3. The molecule has 1 fully saturated rings. The number of hydrogen-bond donors (Lipinski definition) is 2.